The highest BCUT2D eigenvalue weighted by Gasteiger charge is 2.25. The smallest absolute Gasteiger partial charge is 0.233 e. The molecule has 0 bridgehead atoms. The lowest BCUT2D eigenvalue weighted by molar-refractivity contribution is 0.369. The van der Waals surface area contributed by atoms with Crippen molar-refractivity contribution < 1.29 is 4.74 Å². The second kappa shape index (κ2) is 6.70. The fraction of sp³-hybridized carbons (Fsp3) is 0.714. The molecule has 5 heteroatoms. The molecule has 1 aliphatic carbocycles. The Morgan fingerprint density at radius 1 is 1.32 bits per heavy atom. The molecule has 1 aliphatic rings. The van der Waals surface area contributed by atoms with Crippen LogP contribution in [0.1, 0.15) is 39.0 Å². The van der Waals surface area contributed by atoms with Crippen LogP contribution < -0.4 is 15.4 Å². The maximum absolute atomic E-state index is 5.99. The summed E-state index contributed by atoms with van der Waals surface area (Å²) in [7, 11) is 1.62. The number of hydrogen-bond acceptors (Lipinski definition) is 5. The molecule has 2 rings (SSSR count). The van der Waals surface area contributed by atoms with Crippen LogP contribution in [-0.2, 0) is 0 Å². The summed E-state index contributed by atoms with van der Waals surface area (Å²) in [6.07, 6.45) is 9.04. The van der Waals surface area contributed by atoms with Gasteiger partial charge in [0.1, 0.15) is 0 Å². The highest BCUT2D eigenvalue weighted by molar-refractivity contribution is 5.39. The molecule has 0 radical (unpaired) electrons. The Morgan fingerprint density at radius 3 is 2.68 bits per heavy atom. The molecule has 0 aromatic carbocycles. The van der Waals surface area contributed by atoms with Crippen LogP contribution in [0.4, 0.5) is 5.82 Å². The minimum atomic E-state index is 0.371. The molecule has 0 atom stereocenters. The summed E-state index contributed by atoms with van der Waals surface area (Å²) in [5, 5.41) is 0. The van der Waals surface area contributed by atoms with Crippen molar-refractivity contribution in [1.29, 1.82) is 0 Å². The first-order chi connectivity index (χ1) is 9.24. The second-order valence-corrected chi connectivity index (χ2v) is 5.18. The number of hydrogen-bond donors (Lipinski definition) is 1. The molecule has 106 valence electrons. The van der Waals surface area contributed by atoms with Crippen molar-refractivity contribution in [1.82, 2.24) is 9.97 Å². The Balaban J connectivity index is 2.14. The summed E-state index contributed by atoms with van der Waals surface area (Å²) in [4.78, 5) is 11.1. The average Bonchev–Trinajstić information content (AvgIpc) is 2.46. The minimum absolute atomic E-state index is 0.371. The summed E-state index contributed by atoms with van der Waals surface area (Å²) in [5.74, 6) is 1.49. The summed E-state index contributed by atoms with van der Waals surface area (Å²) < 4.78 is 5.17. The third-order valence-electron chi connectivity index (χ3n) is 3.75. The third kappa shape index (κ3) is 3.56. The van der Waals surface area contributed by atoms with E-state index < -0.39 is 0 Å². The number of ether oxygens (including phenoxy) is 1. The number of methoxy groups -OCH3 is 1. The molecule has 0 spiro atoms. The predicted molar refractivity (Wildman–Crippen MR) is 76.5 cm³/mol. The normalized spacial score (nSPS) is 23.1. The van der Waals surface area contributed by atoms with E-state index in [4.69, 9.17) is 10.5 Å². The summed E-state index contributed by atoms with van der Waals surface area (Å²) in [6.45, 7) is 3.19. The molecule has 19 heavy (non-hydrogen) atoms. The largest absolute Gasteiger partial charge is 0.480 e. The molecule has 1 aromatic rings. The van der Waals surface area contributed by atoms with E-state index in [0.717, 1.165) is 44.5 Å². The topological polar surface area (TPSA) is 64.3 Å². The number of anilines is 1. The summed E-state index contributed by atoms with van der Waals surface area (Å²) in [6, 6.07) is 0.900. The van der Waals surface area contributed by atoms with E-state index in [9.17, 15) is 0 Å². The first-order valence-electron chi connectivity index (χ1n) is 7.12. The predicted octanol–water partition coefficient (Wildman–Crippen LogP) is 1.97. The van der Waals surface area contributed by atoms with Crippen molar-refractivity contribution in [2.45, 2.75) is 51.1 Å². The summed E-state index contributed by atoms with van der Waals surface area (Å²) in [5.41, 5.74) is 5.99. The van der Waals surface area contributed by atoms with Crippen molar-refractivity contribution in [2.75, 3.05) is 18.6 Å². The van der Waals surface area contributed by atoms with Gasteiger partial charge in [0, 0.05) is 18.6 Å². The van der Waals surface area contributed by atoms with Crippen molar-refractivity contribution >= 4 is 5.82 Å². The Bertz CT molecular complexity index is 391. The van der Waals surface area contributed by atoms with Crippen LogP contribution in [-0.4, -0.2) is 35.7 Å². The fourth-order valence-corrected chi connectivity index (χ4v) is 2.71. The molecule has 0 saturated heterocycles. The van der Waals surface area contributed by atoms with E-state index in [-0.39, 0.29) is 0 Å². The van der Waals surface area contributed by atoms with E-state index in [1.165, 1.54) is 0 Å². The Labute approximate surface area is 115 Å². The number of nitrogens with two attached hydrogens (primary N) is 1. The zero-order chi connectivity index (χ0) is 13.7. The number of rotatable bonds is 5. The van der Waals surface area contributed by atoms with Gasteiger partial charge >= 0.3 is 0 Å². The SMILES string of the molecule is CCCN(c1cncc(OC)n1)C1CCC(N)CC1. The van der Waals surface area contributed by atoms with Gasteiger partial charge in [0.05, 0.1) is 19.5 Å². The van der Waals surface area contributed by atoms with Crippen LogP contribution in [0.25, 0.3) is 0 Å². The molecule has 5 nitrogen and oxygen atoms in total. The van der Waals surface area contributed by atoms with Gasteiger partial charge in [-0.3, -0.25) is 4.98 Å². The zero-order valence-corrected chi connectivity index (χ0v) is 11.9. The van der Waals surface area contributed by atoms with Crippen LogP contribution in [0.5, 0.6) is 5.88 Å². The van der Waals surface area contributed by atoms with E-state index in [0.29, 0.717) is 18.0 Å². The van der Waals surface area contributed by atoms with Crippen LogP contribution >= 0.6 is 0 Å². The molecule has 0 amide bonds. The van der Waals surface area contributed by atoms with Gasteiger partial charge in [-0.25, -0.2) is 0 Å². The third-order valence-corrected chi connectivity index (χ3v) is 3.75. The van der Waals surface area contributed by atoms with Crippen LogP contribution in [0.15, 0.2) is 12.4 Å². The molecule has 1 saturated carbocycles. The van der Waals surface area contributed by atoms with Crippen molar-refractivity contribution in [3.05, 3.63) is 12.4 Å². The van der Waals surface area contributed by atoms with Gasteiger partial charge in [0.25, 0.3) is 0 Å². The van der Waals surface area contributed by atoms with Gasteiger partial charge in [0.2, 0.25) is 5.88 Å². The lowest BCUT2D eigenvalue weighted by Crippen LogP contribution is -2.41. The van der Waals surface area contributed by atoms with E-state index in [1.54, 1.807) is 13.3 Å². The molecule has 1 aromatic heterocycles. The highest BCUT2D eigenvalue weighted by atomic mass is 16.5. The van der Waals surface area contributed by atoms with Crippen molar-refractivity contribution in [3.8, 4) is 5.88 Å². The van der Waals surface area contributed by atoms with Gasteiger partial charge in [-0.2, -0.15) is 4.98 Å². The number of nitrogens with zero attached hydrogens (tertiary/aromatic N) is 3. The van der Waals surface area contributed by atoms with Crippen molar-refractivity contribution in [2.24, 2.45) is 5.73 Å². The molecule has 1 heterocycles. The molecular formula is C14H24N4O. The standard InChI is InChI=1S/C14H24N4O/c1-3-8-18(12-6-4-11(15)5-7-12)13-9-16-10-14(17-13)19-2/h9-12H,3-8,15H2,1-2H3. The molecule has 2 N–H and O–H groups in total. The average molecular weight is 264 g/mol. The van der Waals surface area contributed by atoms with Crippen LogP contribution in [0.2, 0.25) is 0 Å². The van der Waals surface area contributed by atoms with E-state index >= 15 is 0 Å². The van der Waals surface area contributed by atoms with Crippen LogP contribution in [0, 0.1) is 0 Å². The zero-order valence-electron chi connectivity index (χ0n) is 11.9. The van der Waals surface area contributed by atoms with Gasteiger partial charge in [-0.15, -0.1) is 0 Å². The second-order valence-electron chi connectivity index (χ2n) is 5.18. The molecule has 0 aliphatic heterocycles. The van der Waals surface area contributed by atoms with Crippen LogP contribution in [0.3, 0.4) is 0 Å². The maximum Gasteiger partial charge on any atom is 0.233 e. The van der Waals surface area contributed by atoms with Gasteiger partial charge in [-0.1, -0.05) is 6.92 Å². The molecule has 1 fully saturated rings. The lowest BCUT2D eigenvalue weighted by atomic mass is 9.90. The number of aromatic nitrogens is 2. The molecule has 0 unspecified atom stereocenters. The summed E-state index contributed by atoms with van der Waals surface area (Å²) >= 11 is 0. The quantitative estimate of drug-likeness (QED) is 0.881. The maximum atomic E-state index is 5.99. The monoisotopic (exact) mass is 264 g/mol. The van der Waals surface area contributed by atoms with Gasteiger partial charge in [-0.05, 0) is 32.1 Å². The Kier molecular flexibility index (Phi) is 4.96. The Morgan fingerprint density at radius 2 is 2.05 bits per heavy atom. The minimum Gasteiger partial charge on any atom is -0.480 e. The van der Waals surface area contributed by atoms with E-state index in [1.807, 2.05) is 6.20 Å². The first kappa shape index (κ1) is 14.1. The Hall–Kier alpha value is -1.36. The lowest BCUT2D eigenvalue weighted by Gasteiger charge is -2.36. The van der Waals surface area contributed by atoms with E-state index in [2.05, 4.69) is 21.8 Å². The first-order valence-corrected chi connectivity index (χ1v) is 7.12. The van der Waals surface area contributed by atoms with Crippen molar-refractivity contribution in [3.63, 3.8) is 0 Å². The fourth-order valence-electron chi connectivity index (χ4n) is 2.71. The molecular weight excluding hydrogens is 240 g/mol. The highest BCUT2D eigenvalue weighted by Crippen LogP contribution is 2.26. The van der Waals surface area contributed by atoms with Gasteiger partial charge in [0.15, 0.2) is 5.82 Å². The van der Waals surface area contributed by atoms with Gasteiger partial charge < -0.3 is 15.4 Å².